The molecule has 0 fully saturated rings. The number of halogens is 4. The van der Waals surface area contributed by atoms with Crippen molar-refractivity contribution in [2.24, 2.45) is 0 Å². The molecule has 0 saturated heterocycles. The van der Waals surface area contributed by atoms with E-state index in [1.54, 1.807) is 38.1 Å². The standard InChI is InChI=1S/C32H33F4N3O5S/c1-5-43-31(41)18-45(42)29-13-24(12-28(33)27(29)17-40)23-8-6-22(7-9-23)14-39(15-25-10-11-30(44-25)32(34,35)36)16-26-19(2)37-21(4)38-20(26)3/h6-13,40H,5,14-18H2,1-4H3. The lowest BCUT2D eigenvalue weighted by Gasteiger charge is -2.23. The molecular formula is C32H33F4N3O5S. The maximum Gasteiger partial charge on any atom is 0.449 e. The molecule has 0 aliphatic rings. The van der Waals surface area contributed by atoms with Crippen LogP contribution in [0.3, 0.4) is 0 Å². The highest BCUT2D eigenvalue weighted by Gasteiger charge is 2.35. The Morgan fingerprint density at radius 3 is 2.20 bits per heavy atom. The maximum atomic E-state index is 15.0. The molecule has 1 unspecified atom stereocenters. The van der Waals surface area contributed by atoms with Crippen LogP contribution in [0.15, 0.2) is 57.8 Å². The van der Waals surface area contributed by atoms with Gasteiger partial charge in [-0.3, -0.25) is 13.9 Å². The van der Waals surface area contributed by atoms with Crippen LogP contribution in [-0.4, -0.2) is 42.5 Å². The van der Waals surface area contributed by atoms with Gasteiger partial charge in [0.05, 0.1) is 30.6 Å². The number of hydrogen-bond acceptors (Lipinski definition) is 8. The second-order valence-electron chi connectivity index (χ2n) is 10.4. The van der Waals surface area contributed by atoms with Crippen LogP contribution in [0.1, 0.15) is 52.3 Å². The Bertz CT molecular complexity index is 1670. The van der Waals surface area contributed by atoms with Crippen LogP contribution in [0.25, 0.3) is 11.1 Å². The highest BCUT2D eigenvalue weighted by Crippen LogP contribution is 2.32. The minimum Gasteiger partial charge on any atom is -0.465 e. The fourth-order valence-corrected chi connectivity index (χ4v) is 6.09. The van der Waals surface area contributed by atoms with Crippen LogP contribution in [0.4, 0.5) is 17.6 Å². The molecule has 2 aromatic carbocycles. The van der Waals surface area contributed by atoms with Crippen molar-refractivity contribution < 1.29 is 40.8 Å². The number of aryl methyl sites for hydroxylation is 3. The van der Waals surface area contributed by atoms with E-state index in [1.807, 2.05) is 18.7 Å². The Balaban J connectivity index is 1.61. The number of carbonyl (C=O) groups is 1. The van der Waals surface area contributed by atoms with Crippen LogP contribution in [0.5, 0.6) is 0 Å². The topological polar surface area (TPSA) is 106 Å². The molecule has 2 heterocycles. The number of carbonyl (C=O) groups excluding carboxylic acids is 1. The first kappa shape index (κ1) is 33.9. The van der Waals surface area contributed by atoms with Gasteiger partial charge in [-0.05, 0) is 68.7 Å². The SMILES string of the molecule is CCOC(=O)CS(=O)c1cc(-c2ccc(CN(Cc3ccc(C(F)(F)F)o3)Cc3c(C)nc(C)nc3C)cc2)cc(F)c1CO. The lowest BCUT2D eigenvalue weighted by molar-refractivity contribution is -0.153. The van der Waals surface area contributed by atoms with Crippen molar-refractivity contribution >= 4 is 16.8 Å². The summed E-state index contributed by atoms with van der Waals surface area (Å²) in [5, 5.41) is 9.70. The van der Waals surface area contributed by atoms with Crippen molar-refractivity contribution in [3.05, 3.63) is 99.8 Å². The van der Waals surface area contributed by atoms with Gasteiger partial charge >= 0.3 is 12.1 Å². The number of nitrogens with zero attached hydrogens (tertiary/aromatic N) is 3. The average Bonchev–Trinajstić information content (AvgIpc) is 3.44. The third-order valence-electron chi connectivity index (χ3n) is 7.04. The monoisotopic (exact) mass is 647 g/mol. The lowest BCUT2D eigenvalue weighted by Crippen LogP contribution is -2.24. The zero-order chi connectivity index (χ0) is 32.9. The number of aliphatic hydroxyl groups excluding tert-OH is 1. The van der Waals surface area contributed by atoms with Crippen molar-refractivity contribution in [1.29, 1.82) is 0 Å². The number of esters is 1. The van der Waals surface area contributed by atoms with Crippen LogP contribution in [0, 0.1) is 26.6 Å². The van der Waals surface area contributed by atoms with Gasteiger partial charge in [-0.15, -0.1) is 0 Å². The summed E-state index contributed by atoms with van der Waals surface area (Å²) < 4.78 is 77.4. The Kier molecular flexibility index (Phi) is 10.9. The molecule has 4 rings (SSSR count). The summed E-state index contributed by atoms with van der Waals surface area (Å²) in [6, 6.07) is 12.0. The summed E-state index contributed by atoms with van der Waals surface area (Å²) in [5.41, 5.74) is 4.00. The van der Waals surface area contributed by atoms with E-state index in [0.29, 0.717) is 30.0 Å². The first-order valence-corrected chi connectivity index (χ1v) is 15.4. The highest BCUT2D eigenvalue weighted by molar-refractivity contribution is 7.85. The quantitative estimate of drug-likeness (QED) is 0.144. The normalized spacial score (nSPS) is 12.5. The van der Waals surface area contributed by atoms with E-state index in [1.165, 1.54) is 18.2 Å². The van der Waals surface area contributed by atoms with Crippen molar-refractivity contribution in [3.8, 4) is 11.1 Å². The van der Waals surface area contributed by atoms with Crippen LogP contribution in [-0.2, 0) is 52.7 Å². The van der Waals surface area contributed by atoms with Crippen molar-refractivity contribution in [1.82, 2.24) is 14.9 Å². The smallest absolute Gasteiger partial charge is 0.449 e. The molecule has 2 aromatic heterocycles. The summed E-state index contributed by atoms with van der Waals surface area (Å²) in [5.74, 6) is -2.26. The number of furan rings is 1. The van der Waals surface area contributed by atoms with Gasteiger partial charge in [-0.1, -0.05) is 24.3 Å². The van der Waals surface area contributed by atoms with E-state index < -0.39 is 46.9 Å². The average molecular weight is 648 g/mol. The van der Waals surface area contributed by atoms with Gasteiger partial charge in [-0.2, -0.15) is 13.2 Å². The fraction of sp³-hybridized carbons (Fsp3) is 0.344. The summed E-state index contributed by atoms with van der Waals surface area (Å²) in [6.07, 6.45) is -4.60. The second-order valence-corrected chi connectivity index (χ2v) is 11.8. The van der Waals surface area contributed by atoms with E-state index >= 15 is 0 Å². The third kappa shape index (κ3) is 8.62. The van der Waals surface area contributed by atoms with Crippen molar-refractivity contribution in [2.45, 2.75) is 65.0 Å². The number of hydrogen-bond donors (Lipinski definition) is 1. The van der Waals surface area contributed by atoms with Gasteiger partial charge in [0.25, 0.3) is 0 Å². The molecule has 0 bridgehead atoms. The predicted molar refractivity (Wildman–Crippen MR) is 159 cm³/mol. The van der Waals surface area contributed by atoms with E-state index in [-0.39, 0.29) is 29.4 Å². The Labute approximate surface area is 260 Å². The molecule has 240 valence electrons. The maximum absolute atomic E-state index is 15.0. The first-order valence-electron chi connectivity index (χ1n) is 14.0. The van der Waals surface area contributed by atoms with Gasteiger partial charge in [0.15, 0.2) is 0 Å². The molecule has 13 heteroatoms. The fourth-order valence-electron chi connectivity index (χ4n) is 4.95. The Morgan fingerprint density at radius 1 is 0.956 bits per heavy atom. The number of ether oxygens (including phenoxy) is 1. The second kappa shape index (κ2) is 14.4. The molecule has 45 heavy (non-hydrogen) atoms. The number of alkyl halides is 3. The van der Waals surface area contributed by atoms with Gasteiger partial charge in [0.1, 0.15) is 23.2 Å². The summed E-state index contributed by atoms with van der Waals surface area (Å²) in [6.45, 7) is 7.26. The molecule has 0 saturated carbocycles. The minimum absolute atomic E-state index is 0.00136. The third-order valence-corrected chi connectivity index (χ3v) is 8.39. The largest absolute Gasteiger partial charge is 0.465 e. The van der Waals surface area contributed by atoms with Gasteiger partial charge in [0, 0.05) is 40.5 Å². The van der Waals surface area contributed by atoms with E-state index in [4.69, 9.17) is 9.15 Å². The molecular weight excluding hydrogens is 614 g/mol. The molecule has 0 aliphatic heterocycles. The van der Waals surface area contributed by atoms with Crippen LogP contribution < -0.4 is 0 Å². The van der Waals surface area contributed by atoms with Crippen LogP contribution in [0.2, 0.25) is 0 Å². The zero-order valence-electron chi connectivity index (χ0n) is 25.2. The van der Waals surface area contributed by atoms with Crippen molar-refractivity contribution in [3.63, 3.8) is 0 Å². The molecule has 8 nitrogen and oxygen atoms in total. The van der Waals surface area contributed by atoms with Crippen molar-refractivity contribution in [2.75, 3.05) is 12.4 Å². The molecule has 4 aromatic rings. The lowest BCUT2D eigenvalue weighted by atomic mass is 10.0. The van der Waals surface area contributed by atoms with Gasteiger partial charge in [-0.25, -0.2) is 14.4 Å². The highest BCUT2D eigenvalue weighted by atomic mass is 32.2. The molecule has 1 atom stereocenters. The van der Waals surface area contributed by atoms with Gasteiger partial charge < -0.3 is 14.3 Å². The van der Waals surface area contributed by atoms with Crippen LogP contribution >= 0.6 is 0 Å². The van der Waals surface area contributed by atoms with Gasteiger partial charge in [0.2, 0.25) is 5.76 Å². The number of rotatable bonds is 12. The zero-order valence-corrected chi connectivity index (χ0v) is 26.0. The van der Waals surface area contributed by atoms with E-state index in [9.17, 15) is 31.7 Å². The molecule has 0 aliphatic carbocycles. The first-order chi connectivity index (χ1) is 21.3. The molecule has 0 spiro atoms. The molecule has 0 radical (unpaired) electrons. The summed E-state index contributed by atoms with van der Waals surface area (Å²) in [4.78, 5) is 22.7. The molecule has 1 N–H and O–H groups in total. The number of benzene rings is 2. The minimum atomic E-state index is -4.60. The predicted octanol–water partition coefficient (Wildman–Crippen LogP) is 6.19. The summed E-state index contributed by atoms with van der Waals surface area (Å²) >= 11 is 0. The number of aliphatic hydroxyl groups is 1. The number of aromatic nitrogens is 2. The summed E-state index contributed by atoms with van der Waals surface area (Å²) in [7, 11) is -1.95. The van der Waals surface area contributed by atoms with E-state index in [2.05, 4.69) is 9.97 Å². The Hall–Kier alpha value is -3.94. The Morgan fingerprint density at radius 2 is 1.62 bits per heavy atom. The molecule has 0 amide bonds. The van der Waals surface area contributed by atoms with E-state index in [0.717, 1.165) is 28.6 Å².